The Labute approximate surface area is 95.4 Å². The first-order chi connectivity index (χ1) is 6.64. The van der Waals surface area contributed by atoms with E-state index in [-0.39, 0.29) is 11.2 Å². The van der Waals surface area contributed by atoms with Crippen LogP contribution in [0.3, 0.4) is 0 Å². The molecule has 0 fully saturated rings. The molecule has 0 aromatic carbocycles. The molecule has 15 heavy (non-hydrogen) atoms. The lowest BCUT2D eigenvalue weighted by molar-refractivity contribution is -0.0918. The van der Waals surface area contributed by atoms with Crippen LogP contribution in [0.5, 0.6) is 0 Å². The van der Waals surface area contributed by atoms with Crippen molar-refractivity contribution < 1.29 is 14.3 Å². The van der Waals surface area contributed by atoms with Crippen molar-refractivity contribution in [3.8, 4) is 0 Å². The van der Waals surface area contributed by atoms with Gasteiger partial charge >= 0.3 is 0 Å². The Morgan fingerprint density at radius 2 is 1.47 bits per heavy atom. The van der Waals surface area contributed by atoms with Gasteiger partial charge in [-0.1, -0.05) is 0 Å². The van der Waals surface area contributed by atoms with Gasteiger partial charge in [0.05, 0.1) is 0 Å². The van der Waals surface area contributed by atoms with Crippen molar-refractivity contribution in [1.82, 2.24) is 0 Å². The van der Waals surface area contributed by atoms with E-state index in [9.17, 15) is 0 Å². The van der Waals surface area contributed by atoms with Gasteiger partial charge in [0.2, 0.25) is 0 Å². The van der Waals surface area contributed by atoms with Gasteiger partial charge < -0.3 is 14.3 Å². The predicted octanol–water partition coefficient (Wildman–Crippen LogP) is 1.95. The van der Waals surface area contributed by atoms with Gasteiger partial charge in [-0.15, -0.1) is 0 Å². The zero-order valence-electron chi connectivity index (χ0n) is 10.8. The minimum absolute atomic E-state index is 0.270. The summed E-state index contributed by atoms with van der Waals surface area (Å²) in [5, 5.41) is 0. The summed E-state index contributed by atoms with van der Waals surface area (Å²) in [6.07, 6.45) is 1.84. The SMILES string of the molecule is CC(C)(C)OC(=CC[SiH2]O)OC(C)(C)C. The second-order valence-corrected chi connectivity index (χ2v) is 6.49. The Kier molecular flexibility index (Phi) is 5.38. The van der Waals surface area contributed by atoms with E-state index in [0.717, 1.165) is 0 Å². The molecule has 0 aliphatic heterocycles. The van der Waals surface area contributed by atoms with Crippen molar-refractivity contribution in [1.29, 1.82) is 0 Å². The largest absolute Gasteiger partial charge is 0.460 e. The highest BCUT2D eigenvalue weighted by molar-refractivity contribution is 6.25. The van der Waals surface area contributed by atoms with Crippen LogP contribution in [0.1, 0.15) is 41.5 Å². The molecule has 0 bridgehead atoms. The van der Waals surface area contributed by atoms with Crippen molar-refractivity contribution in [2.75, 3.05) is 0 Å². The maximum absolute atomic E-state index is 8.89. The monoisotopic (exact) mass is 232 g/mol. The lowest BCUT2D eigenvalue weighted by Gasteiger charge is -2.28. The fourth-order valence-corrected chi connectivity index (χ4v) is 1.25. The summed E-state index contributed by atoms with van der Waals surface area (Å²) in [4.78, 5) is 8.89. The van der Waals surface area contributed by atoms with E-state index in [2.05, 4.69) is 0 Å². The first-order valence-corrected chi connectivity index (χ1v) is 6.96. The van der Waals surface area contributed by atoms with Crippen molar-refractivity contribution in [3.63, 3.8) is 0 Å². The van der Waals surface area contributed by atoms with Crippen molar-refractivity contribution >= 4 is 9.76 Å². The van der Waals surface area contributed by atoms with Crippen LogP contribution in [-0.2, 0) is 9.47 Å². The van der Waals surface area contributed by atoms with Gasteiger partial charge in [0, 0.05) is 0 Å². The minimum atomic E-state index is -0.971. The highest BCUT2D eigenvalue weighted by Crippen LogP contribution is 2.20. The first-order valence-electron chi connectivity index (χ1n) is 5.33. The molecule has 0 rings (SSSR count). The number of rotatable bonds is 4. The molecule has 0 aliphatic carbocycles. The van der Waals surface area contributed by atoms with E-state index in [4.69, 9.17) is 14.3 Å². The number of hydrogen-bond acceptors (Lipinski definition) is 3. The zero-order valence-corrected chi connectivity index (χ0v) is 12.2. The molecule has 3 nitrogen and oxygen atoms in total. The smallest absolute Gasteiger partial charge is 0.275 e. The predicted molar refractivity (Wildman–Crippen MR) is 65.3 cm³/mol. The molecule has 90 valence electrons. The molecule has 0 saturated heterocycles. The Hall–Kier alpha value is -0.483. The average molecular weight is 232 g/mol. The normalized spacial score (nSPS) is 13.0. The van der Waals surface area contributed by atoms with Gasteiger partial charge in [-0.25, -0.2) is 0 Å². The van der Waals surface area contributed by atoms with E-state index in [0.29, 0.717) is 12.0 Å². The number of hydrogen-bond donors (Lipinski definition) is 1. The van der Waals surface area contributed by atoms with Crippen LogP contribution in [0, 0.1) is 0 Å². The number of ether oxygens (including phenoxy) is 2. The maximum Gasteiger partial charge on any atom is 0.275 e. The molecule has 0 spiro atoms. The summed E-state index contributed by atoms with van der Waals surface area (Å²) in [6, 6.07) is 0.682. The molecule has 0 aliphatic rings. The lowest BCUT2D eigenvalue weighted by atomic mass is 10.2. The third-order valence-corrected chi connectivity index (χ3v) is 1.80. The van der Waals surface area contributed by atoms with Crippen LogP contribution in [0.2, 0.25) is 6.04 Å². The highest BCUT2D eigenvalue weighted by atomic mass is 28.2. The topological polar surface area (TPSA) is 38.7 Å². The molecule has 1 N–H and O–H groups in total. The van der Waals surface area contributed by atoms with E-state index >= 15 is 0 Å². The fraction of sp³-hybridized carbons (Fsp3) is 0.818. The van der Waals surface area contributed by atoms with Crippen LogP contribution in [0.4, 0.5) is 0 Å². The van der Waals surface area contributed by atoms with Gasteiger partial charge in [-0.05, 0) is 53.7 Å². The summed E-state index contributed by atoms with van der Waals surface area (Å²) in [6.45, 7) is 11.9. The summed E-state index contributed by atoms with van der Waals surface area (Å²) >= 11 is 0. The third-order valence-electron chi connectivity index (χ3n) is 1.25. The molecule has 0 unspecified atom stereocenters. The molecule has 0 heterocycles. The first kappa shape index (κ1) is 14.5. The summed E-state index contributed by atoms with van der Waals surface area (Å²) < 4.78 is 11.3. The Balaban J connectivity index is 4.46. The van der Waals surface area contributed by atoms with Gasteiger partial charge in [0.1, 0.15) is 11.2 Å². The van der Waals surface area contributed by atoms with E-state index in [1.807, 2.05) is 47.6 Å². The number of allylic oxidation sites excluding steroid dienone is 1. The Morgan fingerprint density at radius 1 is 1.07 bits per heavy atom. The van der Waals surface area contributed by atoms with Crippen LogP contribution >= 0.6 is 0 Å². The van der Waals surface area contributed by atoms with E-state index < -0.39 is 9.76 Å². The standard InChI is InChI=1S/C11H24O3Si/c1-10(2,3)13-9(7-8-15-12)14-11(4,5)6/h7,12H,8,15H2,1-6H3. The molecule has 4 heteroatoms. The van der Waals surface area contributed by atoms with Gasteiger partial charge in [-0.3, -0.25) is 0 Å². The molecule has 0 saturated carbocycles. The molecular formula is C11H24O3Si. The zero-order chi connectivity index (χ0) is 12.1. The third kappa shape index (κ3) is 9.81. The highest BCUT2D eigenvalue weighted by Gasteiger charge is 2.19. The maximum atomic E-state index is 8.89. The molecule has 0 amide bonds. The molecule has 0 aromatic rings. The van der Waals surface area contributed by atoms with Crippen LogP contribution < -0.4 is 0 Å². The Morgan fingerprint density at radius 3 is 1.73 bits per heavy atom. The molecule has 0 atom stereocenters. The van der Waals surface area contributed by atoms with E-state index in [1.54, 1.807) is 0 Å². The lowest BCUT2D eigenvalue weighted by Crippen LogP contribution is -2.25. The van der Waals surface area contributed by atoms with Crippen molar-refractivity contribution in [2.24, 2.45) is 0 Å². The van der Waals surface area contributed by atoms with Crippen LogP contribution in [-0.4, -0.2) is 25.8 Å². The van der Waals surface area contributed by atoms with Gasteiger partial charge in [-0.2, -0.15) is 0 Å². The fourth-order valence-electron chi connectivity index (χ4n) is 0.890. The Bertz CT molecular complexity index is 193. The van der Waals surface area contributed by atoms with Crippen molar-refractivity contribution in [3.05, 3.63) is 12.0 Å². The van der Waals surface area contributed by atoms with E-state index in [1.165, 1.54) is 0 Å². The second kappa shape index (κ2) is 5.56. The summed E-state index contributed by atoms with van der Waals surface area (Å²) in [5.74, 6) is 0.525. The summed E-state index contributed by atoms with van der Waals surface area (Å²) in [5.41, 5.74) is -0.539. The molecule has 0 aromatic heterocycles. The second-order valence-electron chi connectivity index (χ2n) is 5.46. The average Bonchev–Trinajstić information content (AvgIpc) is 1.94. The molecule has 0 radical (unpaired) electrons. The van der Waals surface area contributed by atoms with Gasteiger partial charge in [0.25, 0.3) is 5.95 Å². The quantitative estimate of drug-likeness (QED) is 0.595. The van der Waals surface area contributed by atoms with Gasteiger partial charge in [0.15, 0.2) is 9.76 Å². The van der Waals surface area contributed by atoms with Crippen LogP contribution in [0.15, 0.2) is 12.0 Å². The minimum Gasteiger partial charge on any atom is -0.460 e. The molecular weight excluding hydrogens is 208 g/mol. The van der Waals surface area contributed by atoms with Crippen LogP contribution in [0.25, 0.3) is 0 Å². The van der Waals surface area contributed by atoms with Crippen molar-refractivity contribution in [2.45, 2.75) is 58.8 Å². The summed E-state index contributed by atoms with van der Waals surface area (Å²) in [7, 11) is -0.971.